The van der Waals surface area contributed by atoms with Gasteiger partial charge in [0.25, 0.3) is 0 Å². The van der Waals surface area contributed by atoms with Crippen LogP contribution >= 0.6 is 35.3 Å². The minimum absolute atomic E-state index is 0.0328. The van der Waals surface area contributed by atoms with E-state index in [2.05, 4.69) is 15.2 Å². The van der Waals surface area contributed by atoms with Crippen molar-refractivity contribution >= 4 is 46.2 Å². The zero-order chi connectivity index (χ0) is 13.1. The number of rotatable bonds is 2. The molecule has 0 aliphatic carbocycles. The van der Waals surface area contributed by atoms with Crippen molar-refractivity contribution < 1.29 is 5.11 Å². The molecule has 1 aromatic carbocycles. The Kier molecular flexibility index (Phi) is 4.50. The fourth-order valence-corrected chi connectivity index (χ4v) is 3.03. The number of phenols is 1. The first-order valence-electron chi connectivity index (χ1n) is 5.02. The average molecular weight is 303 g/mol. The van der Waals surface area contributed by atoms with Gasteiger partial charge in [-0.3, -0.25) is 0 Å². The monoisotopic (exact) mass is 302 g/mol. The quantitative estimate of drug-likeness (QED) is 0.668. The summed E-state index contributed by atoms with van der Waals surface area (Å²) in [6.45, 7) is 0. The van der Waals surface area contributed by atoms with Gasteiger partial charge in [-0.15, -0.1) is 22.0 Å². The van der Waals surface area contributed by atoms with E-state index in [0.29, 0.717) is 10.9 Å². The van der Waals surface area contributed by atoms with E-state index in [1.807, 2.05) is 17.6 Å². The highest BCUT2D eigenvalue weighted by atomic mass is 35.5. The van der Waals surface area contributed by atoms with Crippen LogP contribution in [0.2, 0.25) is 5.02 Å². The third-order valence-electron chi connectivity index (χ3n) is 2.15. The van der Waals surface area contributed by atoms with Crippen molar-refractivity contribution in [2.24, 2.45) is 15.2 Å². The number of aromatic hydroxyl groups is 1. The van der Waals surface area contributed by atoms with E-state index in [1.165, 1.54) is 18.0 Å². The molecule has 1 N–H and O–H groups in total. The third kappa shape index (κ3) is 3.17. The lowest BCUT2D eigenvalue weighted by molar-refractivity contribution is 0.475. The Morgan fingerprint density at radius 1 is 1.50 bits per heavy atom. The van der Waals surface area contributed by atoms with E-state index in [0.717, 1.165) is 0 Å². The highest BCUT2D eigenvalue weighted by Gasteiger charge is 2.23. The molecule has 96 valence electrons. The maximum absolute atomic E-state index is 9.28. The molecule has 5 nitrogen and oxygen atoms in total. The summed E-state index contributed by atoms with van der Waals surface area (Å²) in [5, 5.41) is 18.2. The molecule has 1 heterocycles. The van der Waals surface area contributed by atoms with Crippen LogP contribution in [0.4, 0.5) is 5.69 Å². The number of phenolic OH excluding ortho intramolecular Hbond substituents is 1. The molecular weight excluding hydrogens is 292 g/mol. The van der Waals surface area contributed by atoms with Crippen LogP contribution in [0.25, 0.3) is 0 Å². The maximum Gasteiger partial charge on any atom is 0.222 e. The Bertz CT molecular complexity index is 509. The molecule has 18 heavy (non-hydrogen) atoms. The molecule has 1 aliphatic rings. The second-order valence-electron chi connectivity index (χ2n) is 3.45. The number of hydrogen-bond donors (Lipinski definition) is 1. The molecule has 0 saturated heterocycles. The number of aliphatic imine (C=N–C) groups is 1. The first-order chi connectivity index (χ1) is 8.60. The normalized spacial score (nSPS) is 20.6. The van der Waals surface area contributed by atoms with Crippen LogP contribution in [0, 0.1) is 0 Å². The minimum Gasteiger partial charge on any atom is -0.506 e. The molecular formula is C10H11ClN4OS2. The predicted molar refractivity (Wildman–Crippen MR) is 77.7 cm³/mol. The van der Waals surface area contributed by atoms with Gasteiger partial charge >= 0.3 is 0 Å². The Hall–Kier alpha value is -0.760. The van der Waals surface area contributed by atoms with E-state index in [4.69, 9.17) is 11.6 Å². The number of hydrogen-bond acceptors (Lipinski definition) is 7. The summed E-state index contributed by atoms with van der Waals surface area (Å²) in [6, 6.07) is 4.67. The van der Waals surface area contributed by atoms with Crippen molar-refractivity contribution in [2.45, 2.75) is 5.50 Å². The molecule has 1 atom stereocenters. The number of thioether (sulfide) groups is 1. The fourth-order valence-electron chi connectivity index (χ4n) is 1.28. The summed E-state index contributed by atoms with van der Waals surface area (Å²) < 4.78 is 2.00. The molecule has 0 radical (unpaired) electrons. The van der Waals surface area contributed by atoms with Crippen LogP contribution in [0.5, 0.6) is 5.75 Å². The first-order valence-corrected chi connectivity index (χ1v) is 7.45. The molecule has 0 amide bonds. The van der Waals surface area contributed by atoms with Crippen LogP contribution in [0.1, 0.15) is 0 Å². The van der Waals surface area contributed by atoms with E-state index < -0.39 is 0 Å². The Labute approximate surface area is 118 Å². The van der Waals surface area contributed by atoms with Crippen LogP contribution in [-0.2, 0) is 0 Å². The maximum atomic E-state index is 9.28. The highest BCUT2D eigenvalue weighted by molar-refractivity contribution is 8.13. The van der Waals surface area contributed by atoms with Crippen molar-refractivity contribution in [2.75, 3.05) is 13.3 Å². The van der Waals surface area contributed by atoms with Crippen molar-refractivity contribution in [1.82, 2.24) is 4.31 Å². The molecule has 1 aromatic rings. The molecule has 8 heteroatoms. The standard InChI is InChI=1S/C10H11ClN4OS2/c1-15-10(17-2)12-9(18-15)14-13-6-3-4-8(16)7(11)5-6/h3-5,10,16H,1-2H3. The third-order valence-corrected chi connectivity index (χ3v) is 4.27. The number of halogens is 1. The van der Waals surface area contributed by atoms with Gasteiger partial charge < -0.3 is 5.11 Å². The van der Waals surface area contributed by atoms with E-state index >= 15 is 0 Å². The Balaban J connectivity index is 2.10. The summed E-state index contributed by atoms with van der Waals surface area (Å²) in [5.74, 6) is 0.0328. The molecule has 2 rings (SSSR count). The van der Waals surface area contributed by atoms with Crippen molar-refractivity contribution in [3.8, 4) is 5.75 Å². The molecule has 0 saturated carbocycles. The zero-order valence-electron chi connectivity index (χ0n) is 9.74. The van der Waals surface area contributed by atoms with E-state index in [9.17, 15) is 5.11 Å². The zero-order valence-corrected chi connectivity index (χ0v) is 12.1. The number of nitrogens with zero attached hydrogens (tertiary/aromatic N) is 4. The van der Waals surface area contributed by atoms with Gasteiger partial charge in [0.1, 0.15) is 5.75 Å². The second-order valence-corrected chi connectivity index (χ2v) is 5.87. The minimum atomic E-state index is 0.0328. The Morgan fingerprint density at radius 2 is 2.28 bits per heavy atom. The van der Waals surface area contributed by atoms with Crippen LogP contribution in [0.3, 0.4) is 0 Å². The molecule has 0 aromatic heterocycles. The molecule has 0 spiro atoms. The number of benzene rings is 1. The lowest BCUT2D eigenvalue weighted by Crippen LogP contribution is -2.14. The van der Waals surface area contributed by atoms with Gasteiger partial charge in [0.05, 0.1) is 10.7 Å². The lowest BCUT2D eigenvalue weighted by atomic mass is 10.3. The van der Waals surface area contributed by atoms with Crippen molar-refractivity contribution in [1.29, 1.82) is 0 Å². The van der Waals surface area contributed by atoms with Gasteiger partial charge in [-0.05, 0) is 24.5 Å². The summed E-state index contributed by atoms with van der Waals surface area (Å²) >= 11 is 8.86. The fraction of sp³-hybridized carbons (Fsp3) is 0.300. The summed E-state index contributed by atoms with van der Waals surface area (Å²) in [4.78, 5) is 4.37. The summed E-state index contributed by atoms with van der Waals surface area (Å²) in [7, 11) is 1.95. The van der Waals surface area contributed by atoms with Crippen LogP contribution in [0.15, 0.2) is 33.4 Å². The van der Waals surface area contributed by atoms with Gasteiger partial charge in [0.2, 0.25) is 5.17 Å². The SMILES string of the molecule is CSC1N=C(N=Nc2ccc(O)c(Cl)c2)SN1C. The first kappa shape index (κ1) is 13.7. The number of azo groups is 1. The van der Waals surface area contributed by atoms with Gasteiger partial charge in [-0.1, -0.05) is 11.6 Å². The van der Waals surface area contributed by atoms with Gasteiger partial charge in [-0.2, -0.15) is 0 Å². The average Bonchev–Trinajstić information content (AvgIpc) is 2.71. The molecule has 1 unspecified atom stereocenters. The van der Waals surface area contributed by atoms with E-state index in [-0.39, 0.29) is 16.3 Å². The van der Waals surface area contributed by atoms with Crippen molar-refractivity contribution in [3.05, 3.63) is 23.2 Å². The summed E-state index contributed by atoms with van der Waals surface area (Å²) in [6.07, 6.45) is 1.99. The largest absolute Gasteiger partial charge is 0.506 e. The van der Waals surface area contributed by atoms with E-state index in [1.54, 1.807) is 23.9 Å². The molecule has 0 bridgehead atoms. The van der Waals surface area contributed by atoms with Gasteiger partial charge in [0, 0.05) is 19.0 Å². The topological polar surface area (TPSA) is 60.6 Å². The number of amidine groups is 1. The van der Waals surface area contributed by atoms with Gasteiger partial charge in [-0.25, -0.2) is 9.30 Å². The smallest absolute Gasteiger partial charge is 0.222 e. The molecule has 0 fully saturated rings. The van der Waals surface area contributed by atoms with Crippen LogP contribution in [-0.4, -0.2) is 33.4 Å². The molecule has 1 aliphatic heterocycles. The van der Waals surface area contributed by atoms with Crippen molar-refractivity contribution in [3.63, 3.8) is 0 Å². The highest BCUT2D eigenvalue weighted by Crippen LogP contribution is 2.31. The predicted octanol–water partition coefficient (Wildman–Crippen LogP) is 3.73. The Morgan fingerprint density at radius 3 is 2.89 bits per heavy atom. The van der Waals surface area contributed by atoms with Gasteiger partial charge in [0.15, 0.2) is 5.50 Å². The summed E-state index contributed by atoms with van der Waals surface area (Å²) in [5.41, 5.74) is 0.656. The second kappa shape index (κ2) is 5.92. The van der Waals surface area contributed by atoms with Crippen LogP contribution < -0.4 is 0 Å². The lowest BCUT2D eigenvalue weighted by Gasteiger charge is -2.11.